The van der Waals surface area contributed by atoms with Crippen molar-refractivity contribution in [3.8, 4) is 0 Å². The SMILES string of the molecule is Cc1ccc2c(c1)C1CN(C)CCC1N2C(=O)c1ccccc1NS(=O)(=O)c1ccc(Cl)cc1. The van der Waals surface area contributed by atoms with Crippen LogP contribution in [-0.2, 0) is 10.0 Å². The Balaban J connectivity index is 1.52. The number of anilines is 2. The number of sulfonamides is 1. The number of hydrogen-bond donors (Lipinski definition) is 1. The average Bonchev–Trinajstić information content (AvgIpc) is 3.12. The summed E-state index contributed by atoms with van der Waals surface area (Å²) in [5.74, 6) is 0.0343. The third-order valence-corrected chi connectivity index (χ3v) is 8.33. The summed E-state index contributed by atoms with van der Waals surface area (Å²) in [5.41, 5.74) is 3.84. The van der Waals surface area contributed by atoms with Gasteiger partial charge < -0.3 is 9.80 Å². The number of nitrogens with one attached hydrogen (secondary N) is 1. The lowest BCUT2D eigenvalue weighted by atomic mass is 9.88. The Kier molecular flexibility index (Phi) is 5.88. The fraction of sp³-hybridized carbons (Fsp3) is 0.269. The van der Waals surface area contributed by atoms with E-state index in [2.05, 4.69) is 29.7 Å². The minimum atomic E-state index is -3.89. The Morgan fingerprint density at radius 2 is 1.79 bits per heavy atom. The molecule has 0 aliphatic carbocycles. The molecule has 34 heavy (non-hydrogen) atoms. The lowest BCUT2D eigenvalue weighted by Crippen LogP contribution is -2.47. The van der Waals surface area contributed by atoms with Crippen molar-refractivity contribution in [3.63, 3.8) is 0 Å². The molecule has 0 bridgehead atoms. The summed E-state index contributed by atoms with van der Waals surface area (Å²) >= 11 is 5.91. The van der Waals surface area contributed by atoms with Crippen LogP contribution in [0.1, 0.15) is 33.8 Å². The molecule has 1 amide bonds. The second kappa shape index (κ2) is 8.73. The highest BCUT2D eigenvalue weighted by molar-refractivity contribution is 7.92. The number of halogens is 1. The van der Waals surface area contributed by atoms with Gasteiger partial charge in [0, 0.05) is 29.2 Å². The second-order valence-electron chi connectivity index (χ2n) is 9.07. The number of carbonyl (C=O) groups excluding carboxylic acids is 1. The van der Waals surface area contributed by atoms with Crippen LogP contribution in [0.2, 0.25) is 5.02 Å². The number of likely N-dealkylation sites (N-methyl/N-ethyl adjacent to an activating group) is 1. The Hall–Kier alpha value is -2.87. The van der Waals surface area contributed by atoms with E-state index in [4.69, 9.17) is 11.6 Å². The number of aryl methyl sites for hydroxylation is 1. The molecule has 0 radical (unpaired) electrons. The van der Waals surface area contributed by atoms with Gasteiger partial charge in [-0.25, -0.2) is 8.42 Å². The number of likely N-dealkylation sites (tertiary alicyclic amines) is 1. The second-order valence-corrected chi connectivity index (χ2v) is 11.2. The van der Waals surface area contributed by atoms with Crippen molar-refractivity contribution in [1.29, 1.82) is 0 Å². The van der Waals surface area contributed by atoms with Crippen molar-refractivity contribution < 1.29 is 13.2 Å². The maximum Gasteiger partial charge on any atom is 0.261 e. The Morgan fingerprint density at radius 3 is 2.56 bits per heavy atom. The van der Waals surface area contributed by atoms with Crippen molar-refractivity contribution in [2.75, 3.05) is 29.8 Å². The van der Waals surface area contributed by atoms with Gasteiger partial charge >= 0.3 is 0 Å². The first-order valence-corrected chi connectivity index (χ1v) is 13.1. The standard InChI is InChI=1S/C26H26ClN3O3S/c1-17-7-12-24-21(15-17)22-16-29(2)14-13-25(22)30(24)26(31)20-5-3-4-6-23(20)28-34(32,33)19-10-8-18(27)9-11-19/h3-12,15,22,25,28H,13-14,16H2,1-2H3. The van der Waals surface area contributed by atoms with Gasteiger partial charge in [-0.2, -0.15) is 0 Å². The lowest BCUT2D eigenvalue weighted by Gasteiger charge is -2.36. The van der Waals surface area contributed by atoms with Gasteiger partial charge in [-0.15, -0.1) is 0 Å². The molecule has 2 heterocycles. The van der Waals surface area contributed by atoms with E-state index in [1.54, 1.807) is 24.3 Å². The Bertz CT molecular complexity index is 1360. The van der Waals surface area contributed by atoms with Gasteiger partial charge in [-0.05, 0) is 75.0 Å². The Labute approximate surface area is 205 Å². The topological polar surface area (TPSA) is 69.7 Å². The van der Waals surface area contributed by atoms with Gasteiger partial charge in [0.1, 0.15) is 0 Å². The molecule has 176 valence electrons. The van der Waals surface area contributed by atoms with E-state index in [0.29, 0.717) is 10.6 Å². The van der Waals surface area contributed by atoms with Crippen LogP contribution in [0.25, 0.3) is 0 Å². The van der Waals surface area contributed by atoms with E-state index in [1.807, 2.05) is 17.0 Å². The number of nitrogens with zero attached hydrogens (tertiary/aromatic N) is 2. The van der Waals surface area contributed by atoms with Crippen molar-refractivity contribution in [3.05, 3.63) is 88.4 Å². The minimum absolute atomic E-state index is 0.0430. The van der Waals surface area contributed by atoms with Gasteiger partial charge in [0.25, 0.3) is 15.9 Å². The molecule has 0 spiro atoms. The third-order valence-electron chi connectivity index (χ3n) is 6.70. The van der Waals surface area contributed by atoms with Crippen molar-refractivity contribution in [2.24, 2.45) is 0 Å². The van der Waals surface area contributed by atoms with Crippen LogP contribution in [0.4, 0.5) is 11.4 Å². The van der Waals surface area contributed by atoms with Crippen LogP contribution in [0, 0.1) is 6.92 Å². The molecule has 0 aromatic heterocycles. The molecule has 2 aliphatic heterocycles. The van der Waals surface area contributed by atoms with Gasteiger partial charge in [0.2, 0.25) is 0 Å². The van der Waals surface area contributed by atoms with E-state index in [9.17, 15) is 13.2 Å². The zero-order chi connectivity index (χ0) is 24.0. The minimum Gasteiger partial charge on any atom is -0.306 e. The molecular weight excluding hydrogens is 470 g/mol. The van der Waals surface area contributed by atoms with E-state index in [-0.39, 0.29) is 28.4 Å². The quantitative estimate of drug-likeness (QED) is 0.559. The first kappa shape index (κ1) is 22.9. The molecule has 1 saturated heterocycles. The number of carbonyl (C=O) groups is 1. The summed E-state index contributed by atoms with van der Waals surface area (Å²) in [7, 11) is -1.78. The number of benzene rings is 3. The number of hydrogen-bond acceptors (Lipinski definition) is 4. The number of para-hydroxylation sites is 1. The van der Waals surface area contributed by atoms with Gasteiger partial charge in [-0.3, -0.25) is 9.52 Å². The van der Waals surface area contributed by atoms with Crippen molar-refractivity contribution in [1.82, 2.24) is 4.90 Å². The fourth-order valence-electron chi connectivity index (χ4n) is 5.05. The molecular formula is C26H26ClN3O3S. The molecule has 2 atom stereocenters. The predicted molar refractivity (Wildman–Crippen MR) is 135 cm³/mol. The van der Waals surface area contributed by atoms with Crippen LogP contribution < -0.4 is 9.62 Å². The van der Waals surface area contributed by atoms with Crippen LogP contribution >= 0.6 is 11.6 Å². The number of rotatable bonds is 4. The predicted octanol–water partition coefficient (Wildman–Crippen LogP) is 4.90. The van der Waals surface area contributed by atoms with Gasteiger partial charge in [-0.1, -0.05) is 41.4 Å². The molecule has 2 aliphatic rings. The smallest absolute Gasteiger partial charge is 0.261 e. The number of amides is 1. The third kappa shape index (κ3) is 4.08. The summed E-state index contributed by atoms with van der Waals surface area (Å²) in [6.07, 6.45) is 0.860. The zero-order valence-corrected chi connectivity index (χ0v) is 20.6. The lowest BCUT2D eigenvalue weighted by molar-refractivity contribution is 0.0965. The molecule has 0 saturated carbocycles. The maximum absolute atomic E-state index is 14.0. The summed E-state index contributed by atoms with van der Waals surface area (Å²) in [6.45, 7) is 3.85. The molecule has 1 fully saturated rings. The number of piperidine rings is 1. The highest BCUT2D eigenvalue weighted by Gasteiger charge is 2.44. The van der Waals surface area contributed by atoms with Gasteiger partial charge in [0.15, 0.2) is 0 Å². The molecule has 2 unspecified atom stereocenters. The van der Waals surface area contributed by atoms with Crippen molar-refractivity contribution >= 4 is 38.9 Å². The monoisotopic (exact) mass is 495 g/mol. The first-order chi connectivity index (χ1) is 16.2. The highest BCUT2D eigenvalue weighted by Crippen LogP contribution is 2.46. The van der Waals surface area contributed by atoms with Crippen molar-refractivity contribution in [2.45, 2.75) is 30.2 Å². The fourth-order valence-corrected chi connectivity index (χ4v) is 6.26. The largest absolute Gasteiger partial charge is 0.306 e. The zero-order valence-electron chi connectivity index (χ0n) is 19.0. The molecule has 3 aromatic rings. The summed E-state index contributed by atoms with van der Waals surface area (Å²) in [4.78, 5) is 18.2. The molecule has 3 aromatic carbocycles. The van der Waals surface area contributed by atoms with Crippen LogP contribution in [0.15, 0.2) is 71.6 Å². The first-order valence-electron chi connectivity index (χ1n) is 11.2. The van der Waals surface area contributed by atoms with Crippen LogP contribution in [0.5, 0.6) is 0 Å². The van der Waals surface area contributed by atoms with E-state index in [0.717, 1.165) is 30.8 Å². The maximum atomic E-state index is 14.0. The Morgan fingerprint density at radius 1 is 1.06 bits per heavy atom. The van der Waals surface area contributed by atoms with Crippen LogP contribution in [0.3, 0.4) is 0 Å². The summed E-state index contributed by atoms with van der Waals surface area (Å²) in [5, 5.41) is 0.449. The molecule has 5 rings (SSSR count). The van der Waals surface area contributed by atoms with E-state index < -0.39 is 10.0 Å². The summed E-state index contributed by atoms with van der Waals surface area (Å²) in [6, 6.07) is 19.0. The molecule has 1 N–H and O–H groups in total. The van der Waals surface area contributed by atoms with Gasteiger partial charge in [0.05, 0.1) is 16.1 Å². The number of fused-ring (bicyclic) bond motifs is 3. The normalized spacial score (nSPS) is 20.0. The van der Waals surface area contributed by atoms with E-state index in [1.165, 1.54) is 29.8 Å². The molecule has 6 nitrogen and oxygen atoms in total. The van der Waals surface area contributed by atoms with Crippen LogP contribution in [-0.4, -0.2) is 45.4 Å². The highest BCUT2D eigenvalue weighted by atomic mass is 35.5. The average molecular weight is 496 g/mol. The molecule has 8 heteroatoms. The summed E-state index contributed by atoms with van der Waals surface area (Å²) < 4.78 is 28.7. The van der Waals surface area contributed by atoms with E-state index >= 15 is 0 Å².